The molecule has 2 aliphatic heterocycles. The highest BCUT2D eigenvalue weighted by Gasteiger charge is 2.02. The maximum absolute atomic E-state index is 4.62. The summed E-state index contributed by atoms with van der Waals surface area (Å²) < 4.78 is 0. The van der Waals surface area contributed by atoms with Crippen molar-refractivity contribution in [1.29, 1.82) is 0 Å². The van der Waals surface area contributed by atoms with Crippen LogP contribution in [0, 0.1) is 0 Å². The molecule has 4 aromatic rings. The van der Waals surface area contributed by atoms with Gasteiger partial charge in [-0.3, -0.25) is 5.10 Å². The van der Waals surface area contributed by atoms with Crippen LogP contribution >= 0.6 is 0 Å². The van der Waals surface area contributed by atoms with Gasteiger partial charge in [-0.25, -0.2) is 9.97 Å². The topological polar surface area (TPSA) is 86.0 Å². The molecule has 0 fully saturated rings. The Morgan fingerprint density at radius 2 is 1.03 bits per heavy atom. The molecular weight excluding hydrogens is 360 g/mol. The molecule has 2 aliphatic rings. The van der Waals surface area contributed by atoms with Crippen molar-refractivity contribution in [3.8, 4) is 0 Å². The number of hydrogen-bond donors (Lipinski definition) is 3. The molecule has 0 aromatic carbocycles. The first kappa shape index (κ1) is 16.9. The van der Waals surface area contributed by atoms with Crippen molar-refractivity contribution < 1.29 is 0 Å². The summed E-state index contributed by atoms with van der Waals surface area (Å²) in [7, 11) is 0. The van der Waals surface area contributed by atoms with Gasteiger partial charge in [-0.2, -0.15) is 5.10 Å². The van der Waals surface area contributed by atoms with Crippen molar-refractivity contribution in [2.75, 3.05) is 0 Å². The summed E-state index contributed by atoms with van der Waals surface area (Å²) in [5.41, 5.74) is 7.86. The first-order chi connectivity index (χ1) is 14.3. The van der Waals surface area contributed by atoms with Gasteiger partial charge in [0.15, 0.2) is 0 Å². The molecular formula is C23H18N6. The average Bonchev–Trinajstić information content (AvgIpc) is 3.50. The number of aromatic nitrogens is 6. The average molecular weight is 378 g/mol. The molecule has 0 aliphatic carbocycles. The van der Waals surface area contributed by atoms with Crippen LogP contribution in [0.25, 0.3) is 46.4 Å². The maximum Gasteiger partial charge on any atom is 0.0659 e. The number of H-pyrrole nitrogens is 3. The molecule has 140 valence electrons. The number of rotatable bonds is 0. The van der Waals surface area contributed by atoms with Crippen molar-refractivity contribution in [3.63, 3.8) is 0 Å². The third-order valence-electron chi connectivity index (χ3n) is 4.45. The number of fused-ring (bicyclic) bond motifs is 8. The molecule has 3 N–H and O–H groups in total. The monoisotopic (exact) mass is 378 g/mol. The standard InChI is InChI=1S/C20H14N4.C3H4N2/c1-2-14-10-16-5-6-18(23-16)12-20-8-7-19(24-20)11-17-4-3-15(22-17)9-13(1)21-14;1-2-4-5-3-1/h1-12,21-22H;1-3H,(H,4,5). The molecule has 6 nitrogen and oxygen atoms in total. The minimum Gasteiger partial charge on any atom is -0.355 e. The van der Waals surface area contributed by atoms with Crippen LogP contribution in [0.3, 0.4) is 0 Å². The fourth-order valence-corrected chi connectivity index (χ4v) is 3.16. The van der Waals surface area contributed by atoms with Crippen LogP contribution in [0.15, 0.2) is 67.0 Å². The normalized spacial score (nSPS) is 11.9. The third-order valence-corrected chi connectivity index (χ3v) is 4.45. The molecule has 6 heteroatoms. The minimum atomic E-state index is 0.915. The summed E-state index contributed by atoms with van der Waals surface area (Å²) in [6.07, 6.45) is 11.5. The van der Waals surface area contributed by atoms with Gasteiger partial charge in [-0.1, -0.05) is 0 Å². The molecule has 0 saturated heterocycles. The predicted molar refractivity (Wildman–Crippen MR) is 117 cm³/mol. The molecule has 29 heavy (non-hydrogen) atoms. The Bertz CT molecular complexity index is 1250. The molecule has 0 spiro atoms. The zero-order chi connectivity index (χ0) is 19.5. The second kappa shape index (κ2) is 7.44. The van der Waals surface area contributed by atoms with E-state index in [4.69, 9.17) is 0 Å². The van der Waals surface area contributed by atoms with Gasteiger partial charge in [0.2, 0.25) is 0 Å². The molecule has 0 atom stereocenters. The SMILES string of the molecule is C1=Cc2cc3ccc(cc4ccc(cc5nc(cc1n2)C=C5)[nH]4)[nH]3.c1cn[nH]c1. The Hall–Kier alpha value is -4.19. The summed E-state index contributed by atoms with van der Waals surface area (Å²) in [5, 5.41) is 6.21. The highest BCUT2D eigenvalue weighted by Crippen LogP contribution is 2.17. The largest absolute Gasteiger partial charge is 0.355 e. The fraction of sp³-hybridized carbons (Fsp3) is 0. The first-order valence-electron chi connectivity index (χ1n) is 9.28. The Kier molecular flexibility index (Phi) is 4.35. The summed E-state index contributed by atoms with van der Waals surface area (Å²) in [4.78, 5) is 16.0. The van der Waals surface area contributed by atoms with Gasteiger partial charge in [0.05, 0.1) is 22.8 Å². The Morgan fingerprint density at radius 1 is 0.552 bits per heavy atom. The van der Waals surface area contributed by atoms with Gasteiger partial charge in [0.1, 0.15) is 0 Å². The lowest BCUT2D eigenvalue weighted by Crippen LogP contribution is -1.77. The molecule has 0 saturated carbocycles. The zero-order valence-corrected chi connectivity index (χ0v) is 15.5. The van der Waals surface area contributed by atoms with Gasteiger partial charge in [-0.05, 0) is 78.9 Å². The number of nitrogens with one attached hydrogen (secondary N) is 3. The van der Waals surface area contributed by atoms with Gasteiger partial charge in [-0.15, -0.1) is 0 Å². The molecule has 4 aromatic heterocycles. The van der Waals surface area contributed by atoms with Crippen molar-refractivity contribution in [1.82, 2.24) is 30.1 Å². The summed E-state index contributed by atoms with van der Waals surface area (Å²) in [5.74, 6) is 0. The lowest BCUT2D eigenvalue weighted by Gasteiger charge is -1.86. The lowest BCUT2D eigenvalue weighted by molar-refractivity contribution is 1.09. The molecule has 0 radical (unpaired) electrons. The smallest absolute Gasteiger partial charge is 0.0659 e. The van der Waals surface area contributed by atoms with E-state index < -0.39 is 0 Å². The number of hydrogen-bond acceptors (Lipinski definition) is 3. The molecule has 0 amide bonds. The Labute approximate surface area is 166 Å². The highest BCUT2D eigenvalue weighted by molar-refractivity contribution is 5.77. The molecule has 6 rings (SSSR count). The van der Waals surface area contributed by atoms with Crippen LogP contribution in [0.1, 0.15) is 22.8 Å². The summed E-state index contributed by atoms with van der Waals surface area (Å²) in [6, 6.07) is 18.2. The van der Waals surface area contributed by atoms with Gasteiger partial charge in [0.25, 0.3) is 0 Å². The van der Waals surface area contributed by atoms with E-state index in [1.807, 2.05) is 48.6 Å². The van der Waals surface area contributed by atoms with Crippen LogP contribution < -0.4 is 0 Å². The van der Waals surface area contributed by atoms with Gasteiger partial charge in [0, 0.05) is 34.5 Å². The number of nitrogens with zero attached hydrogens (tertiary/aromatic N) is 3. The van der Waals surface area contributed by atoms with E-state index in [-0.39, 0.29) is 0 Å². The maximum atomic E-state index is 4.62. The Morgan fingerprint density at radius 3 is 1.45 bits per heavy atom. The lowest BCUT2D eigenvalue weighted by atomic mass is 10.3. The van der Waals surface area contributed by atoms with Crippen LogP contribution in [-0.2, 0) is 0 Å². The first-order valence-corrected chi connectivity index (χ1v) is 9.28. The van der Waals surface area contributed by atoms with Crippen molar-refractivity contribution in [3.05, 3.63) is 89.8 Å². The van der Waals surface area contributed by atoms with Crippen molar-refractivity contribution in [2.45, 2.75) is 0 Å². The van der Waals surface area contributed by atoms with E-state index in [1.165, 1.54) is 0 Å². The molecule has 6 heterocycles. The van der Waals surface area contributed by atoms with E-state index in [0.29, 0.717) is 0 Å². The number of aromatic amines is 3. The van der Waals surface area contributed by atoms with Gasteiger partial charge >= 0.3 is 0 Å². The predicted octanol–water partition coefficient (Wildman–Crippen LogP) is 5.07. The van der Waals surface area contributed by atoms with E-state index in [2.05, 4.69) is 60.5 Å². The fourth-order valence-electron chi connectivity index (χ4n) is 3.16. The Balaban J connectivity index is 0.000000319. The third kappa shape index (κ3) is 4.06. The van der Waals surface area contributed by atoms with Crippen LogP contribution in [0.5, 0.6) is 0 Å². The molecule has 8 bridgehead atoms. The second-order valence-electron chi connectivity index (χ2n) is 6.67. The van der Waals surface area contributed by atoms with Crippen molar-refractivity contribution in [2.24, 2.45) is 0 Å². The summed E-state index contributed by atoms with van der Waals surface area (Å²) in [6.45, 7) is 0. The van der Waals surface area contributed by atoms with E-state index in [0.717, 1.165) is 44.8 Å². The molecule has 0 unspecified atom stereocenters. The van der Waals surface area contributed by atoms with Crippen LogP contribution in [0.4, 0.5) is 0 Å². The highest BCUT2D eigenvalue weighted by atomic mass is 15.1. The summed E-state index contributed by atoms with van der Waals surface area (Å²) >= 11 is 0. The van der Waals surface area contributed by atoms with Crippen LogP contribution in [0.2, 0.25) is 0 Å². The van der Waals surface area contributed by atoms with Crippen LogP contribution in [-0.4, -0.2) is 30.1 Å². The second-order valence-corrected chi connectivity index (χ2v) is 6.67. The van der Waals surface area contributed by atoms with E-state index in [9.17, 15) is 0 Å². The van der Waals surface area contributed by atoms with Gasteiger partial charge < -0.3 is 9.97 Å². The van der Waals surface area contributed by atoms with E-state index >= 15 is 0 Å². The quantitative estimate of drug-likeness (QED) is 0.345. The van der Waals surface area contributed by atoms with E-state index in [1.54, 1.807) is 12.4 Å². The van der Waals surface area contributed by atoms with Crippen molar-refractivity contribution >= 4 is 46.4 Å². The minimum absolute atomic E-state index is 0.915. The zero-order valence-electron chi connectivity index (χ0n) is 15.5.